The van der Waals surface area contributed by atoms with E-state index in [0.717, 1.165) is 0 Å². The minimum absolute atomic E-state index is 0.243. The van der Waals surface area contributed by atoms with Crippen molar-refractivity contribution < 1.29 is 0 Å². The highest BCUT2D eigenvalue weighted by atomic mass is 32.2. The molecule has 0 aliphatic carbocycles. The molecule has 0 atom stereocenters. The molecule has 0 unspecified atom stereocenters. The van der Waals surface area contributed by atoms with Gasteiger partial charge in [-0.2, -0.15) is 5.26 Å². The van der Waals surface area contributed by atoms with Crippen molar-refractivity contribution >= 4 is 17.6 Å². The van der Waals surface area contributed by atoms with Gasteiger partial charge in [0.25, 0.3) is 0 Å². The van der Waals surface area contributed by atoms with Gasteiger partial charge in [0.05, 0.1) is 11.9 Å². The number of aromatic nitrogens is 2. The molecule has 2 aromatic rings. The minimum atomic E-state index is 0.243. The Morgan fingerprint density at radius 3 is 2.94 bits per heavy atom. The molecule has 4 nitrogen and oxygen atoms in total. The number of anilines is 1. The number of rotatable bonds is 3. The van der Waals surface area contributed by atoms with E-state index < -0.39 is 0 Å². The van der Waals surface area contributed by atoms with E-state index in [-0.39, 0.29) is 5.82 Å². The number of nitrogen functional groups attached to an aromatic ring is 1. The molecule has 2 rings (SSSR count). The lowest BCUT2D eigenvalue weighted by atomic mass is 10.2. The number of benzene rings is 1. The van der Waals surface area contributed by atoms with Crippen molar-refractivity contribution in [1.29, 1.82) is 5.26 Å². The second-order valence-electron chi connectivity index (χ2n) is 3.80. The largest absolute Gasteiger partial charge is 0.382 e. The lowest BCUT2D eigenvalue weighted by Crippen LogP contribution is -2.00. The van der Waals surface area contributed by atoms with Crippen molar-refractivity contribution in [2.45, 2.75) is 17.6 Å². The first-order valence-corrected chi connectivity index (χ1v) is 6.38. The first kappa shape index (κ1) is 12.4. The van der Waals surface area contributed by atoms with Crippen LogP contribution in [-0.4, -0.2) is 9.97 Å². The average molecular weight is 256 g/mol. The smallest absolute Gasteiger partial charge is 0.145 e. The molecule has 0 aliphatic rings. The van der Waals surface area contributed by atoms with Gasteiger partial charge in [-0.1, -0.05) is 17.7 Å². The van der Waals surface area contributed by atoms with E-state index in [1.807, 2.05) is 18.2 Å². The maximum atomic E-state index is 8.73. The standard InChI is InChI=1S/C13H12N4S/c1-9-3-2-4-11(5-9)18-8-12-16-7-10(6-14)13(15)17-12/h2-5,7H,8H2,1H3,(H2,15,16,17). The fourth-order valence-electron chi connectivity index (χ4n) is 1.44. The molecule has 1 aromatic heterocycles. The SMILES string of the molecule is Cc1cccc(SCc2ncc(C#N)c(N)n2)c1. The maximum absolute atomic E-state index is 8.73. The highest BCUT2D eigenvalue weighted by molar-refractivity contribution is 7.98. The molecule has 0 bridgehead atoms. The molecule has 5 heteroatoms. The van der Waals surface area contributed by atoms with E-state index in [1.165, 1.54) is 16.7 Å². The first-order chi connectivity index (χ1) is 8.69. The van der Waals surface area contributed by atoms with Crippen molar-refractivity contribution in [1.82, 2.24) is 9.97 Å². The third kappa shape index (κ3) is 2.99. The van der Waals surface area contributed by atoms with Crippen LogP contribution in [0.4, 0.5) is 5.82 Å². The molecule has 2 N–H and O–H groups in total. The molecule has 0 amide bonds. The Morgan fingerprint density at radius 1 is 1.44 bits per heavy atom. The monoisotopic (exact) mass is 256 g/mol. The number of thioether (sulfide) groups is 1. The van der Waals surface area contributed by atoms with E-state index in [1.54, 1.807) is 11.8 Å². The van der Waals surface area contributed by atoms with Crippen LogP contribution in [0.15, 0.2) is 35.4 Å². The summed E-state index contributed by atoms with van der Waals surface area (Å²) in [6.07, 6.45) is 1.47. The molecule has 0 spiro atoms. The van der Waals surface area contributed by atoms with Crippen LogP contribution in [0.5, 0.6) is 0 Å². The number of aryl methyl sites for hydroxylation is 1. The predicted octanol–water partition coefficient (Wildman–Crippen LogP) is 2.53. The van der Waals surface area contributed by atoms with Gasteiger partial charge in [0.2, 0.25) is 0 Å². The fraction of sp³-hybridized carbons (Fsp3) is 0.154. The zero-order valence-corrected chi connectivity index (χ0v) is 10.7. The molecular weight excluding hydrogens is 244 g/mol. The number of hydrogen-bond donors (Lipinski definition) is 1. The third-order valence-corrected chi connectivity index (χ3v) is 3.34. The van der Waals surface area contributed by atoms with Gasteiger partial charge in [-0.05, 0) is 19.1 Å². The molecule has 0 radical (unpaired) electrons. The zero-order valence-electron chi connectivity index (χ0n) is 9.92. The quantitative estimate of drug-likeness (QED) is 0.854. The van der Waals surface area contributed by atoms with Crippen LogP contribution in [0.3, 0.4) is 0 Å². The molecule has 0 saturated heterocycles. The van der Waals surface area contributed by atoms with Gasteiger partial charge in [-0.25, -0.2) is 9.97 Å². The number of nitriles is 1. The lowest BCUT2D eigenvalue weighted by molar-refractivity contribution is 1.03. The molecule has 90 valence electrons. The average Bonchev–Trinajstić information content (AvgIpc) is 2.37. The Kier molecular flexibility index (Phi) is 3.80. The molecule has 0 aliphatic heterocycles. The van der Waals surface area contributed by atoms with Gasteiger partial charge in [0.15, 0.2) is 0 Å². The molecule has 1 heterocycles. The second-order valence-corrected chi connectivity index (χ2v) is 4.85. The molecule has 0 saturated carbocycles. The van der Waals surface area contributed by atoms with Crippen molar-refractivity contribution in [2.75, 3.05) is 5.73 Å². The van der Waals surface area contributed by atoms with Crippen LogP contribution in [0, 0.1) is 18.3 Å². The third-order valence-electron chi connectivity index (χ3n) is 2.35. The fourth-order valence-corrected chi connectivity index (χ4v) is 2.32. The summed E-state index contributed by atoms with van der Waals surface area (Å²) in [6, 6.07) is 10.2. The van der Waals surface area contributed by atoms with Crippen LogP contribution in [-0.2, 0) is 5.75 Å². The van der Waals surface area contributed by atoms with Gasteiger partial charge in [0, 0.05) is 4.90 Å². The van der Waals surface area contributed by atoms with E-state index in [4.69, 9.17) is 11.0 Å². The Balaban J connectivity index is 2.07. The Labute approximate surface area is 110 Å². The summed E-state index contributed by atoms with van der Waals surface area (Å²) in [7, 11) is 0. The maximum Gasteiger partial charge on any atom is 0.145 e. The summed E-state index contributed by atoms with van der Waals surface area (Å²) in [4.78, 5) is 9.39. The van der Waals surface area contributed by atoms with Crippen LogP contribution in [0.2, 0.25) is 0 Å². The van der Waals surface area contributed by atoms with Crippen LogP contribution < -0.4 is 5.73 Å². The Morgan fingerprint density at radius 2 is 2.28 bits per heavy atom. The predicted molar refractivity (Wildman–Crippen MR) is 71.9 cm³/mol. The van der Waals surface area contributed by atoms with E-state index in [2.05, 4.69) is 29.0 Å². The summed E-state index contributed by atoms with van der Waals surface area (Å²) in [5.74, 6) is 1.52. The summed E-state index contributed by atoms with van der Waals surface area (Å²) in [5.41, 5.74) is 7.18. The number of nitrogens with zero attached hydrogens (tertiary/aromatic N) is 3. The van der Waals surface area contributed by atoms with Crippen LogP contribution >= 0.6 is 11.8 Å². The second kappa shape index (κ2) is 5.52. The van der Waals surface area contributed by atoms with Crippen molar-refractivity contribution in [2.24, 2.45) is 0 Å². The lowest BCUT2D eigenvalue weighted by Gasteiger charge is -2.03. The highest BCUT2D eigenvalue weighted by Gasteiger charge is 2.04. The summed E-state index contributed by atoms with van der Waals surface area (Å²) in [6.45, 7) is 2.06. The molecule has 18 heavy (non-hydrogen) atoms. The van der Waals surface area contributed by atoms with Gasteiger partial charge >= 0.3 is 0 Å². The summed E-state index contributed by atoms with van der Waals surface area (Å²) < 4.78 is 0. The van der Waals surface area contributed by atoms with E-state index >= 15 is 0 Å². The van der Waals surface area contributed by atoms with Crippen molar-refractivity contribution in [3.05, 3.63) is 47.4 Å². The van der Waals surface area contributed by atoms with Crippen molar-refractivity contribution in [3.8, 4) is 6.07 Å². The van der Waals surface area contributed by atoms with Crippen LogP contribution in [0.1, 0.15) is 17.0 Å². The normalized spacial score (nSPS) is 10.0. The van der Waals surface area contributed by atoms with Gasteiger partial charge in [0.1, 0.15) is 23.3 Å². The Hall–Kier alpha value is -2.06. The van der Waals surface area contributed by atoms with Crippen LogP contribution in [0.25, 0.3) is 0 Å². The molecular formula is C13H12N4S. The van der Waals surface area contributed by atoms with E-state index in [0.29, 0.717) is 17.1 Å². The zero-order chi connectivity index (χ0) is 13.0. The van der Waals surface area contributed by atoms with Gasteiger partial charge in [-0.15, -0.1) is 11.8 Å². The van der Waals surface area contributed by atoms with E-state index in [9.17, 15) is 0 Å². The number of nitrogens with two attached hydrogens (primary N) is 1. The van der Waals surface area contributed by atoms with Gasteiger partial charge < -0.3 is 5.73 Å². The summed E-state index contributed by atoms with van der Waals surface area (Å²) in [5, 5.41) is 8.73. The Bertz CT molecular complexity index is 604. The van der Waals surface area contributed by atoms with Crippen molar-refractivity contribution in [3.63, 3.8) is 0 Å². The van der Waals surface area contributed by atoms with Gasteiger partial charge in [-0.3, -0.25) is 0 Å². The topological polar surface area (TPSA) is 75.6 Å². The molecule has 1 aromatic carbocycles. The minimum Gasteiger partial charge on any atom is -0.382 e. The number of hydrogen-bond acceptors (Lipinski definition) is 5. The highest BCUT2D eigenvalue weighted by Crippen LogP contribution is 2.22. The first-order valence-electron chi connectivity index (χ1n) is 5.40. The molecule has 0 fully saturated rings. The summed E-state index contributed by atoms with van der Waals surface area (Å²) >= 11 is 1.65.